The lowest BCUT2D eigenvalue weighted by molar-refractivity contribution is -0.385. The first kappa shape index (κ1) is 13.1. The largest absolute Gasteiger partial charge is 0.469 e. The zero-order valence-electron chi connectivity index (χ0n) is 8.77. The second kappa shape index (κ2) is 5.41. The monoisotopic (exact) mass is 298 g/mol. The van der Waals surface area contributed by atoms with Gasteiger partial charge in [-0.1, -0.05) is 0 Å². The molecule has 0 aromatic heterocycles. The highest BCUT2D eigenvalue weighted by Crippen LogP contribution is 2.29. The van der Waals surface area contributed by atoms with Gasteiger partial charge < -0.3 is 4.74 Å². The first-order valence-corrected chi connectivity index (χ1v) is 5.23. The Morgan fingerprint density at radius 2 is 2.29 bits per heavy atom. The first-order chi connectivity index (χ1) is 8.01. The van der Waals surface area contributed by atoms with E-state index >= 15 is 0 Å². The van der Waals surface area contributed by atoms with Gasteiger partial charge in [0.25, 0.3) is 5.69 Å². The maximum absolute atomic E-state index is 11.2. The van der Waals surface area contributed by atoms with E-state index in [1.54, 1.807) is 0 Å². The summed E-state index contributed by atoms with van der Waals surface area (Å²) >= 11 is 3.11. The first-order valence-electron chi connectivity index (χ1n) is 4.44. The van der Waals surface area contributed by atoms with Gasteiger partial charge in [-0.2, -0.15) is 5.26 Å². The van der Waals surface area contributed by atoms with Crippen LogP contribution in [0, 0.1) is 21.4 Å². The van der Waals surface area contributed by atoms with Crippen molar-refractivity contribution < 1.29 is 14.5 Å². The number of halogens is 1. The molecular weight excluding hydrogens is 292 g/mol. The van der Waals surface area contributed by atoms with Crippen LogP contribution in [0.1, 0.15) is 11.1 Å². The van der Waals surface area contributed by atoms with Crippen LogP contribution < -0.4 is 0 Å². The number of nitriles is 1. The molecule has 0 saturated heterocycles. The molecule has 0 N–H and O–H groups in total. The number of carbonyl (C=O) groups is 1. The van der Waals surface area contributed by atoms with E-state index in [-0.39, 0.29) is 23.2 Å². The molecule has 7 heteroatoms. The zero-order valence-corrected chi connectivity index (χ0v) is 10.4. The van der Waals surface area contributed by atoms with Crippen molar-refractivity contribution >= 4 is 27.6 Å². The Balaban J connectivity index is 3.40. The number of rotatable bonds is 3. The van der Waals surface area contributed by atoms with Gasteiger partial charge in [-0.15, -0.1) is 0 Å². The van der Waals surface area contributed by atoms with Crippen molar-refractivity contribution in [2.45, 2.75) is 6.42 Å². The Labute approximate surface area is 105 Å². The number of methoxy groups -OCH3 is 1. The minimum Gasteiger partial charge on any atom is -0.469 e. The van der Waals surface area contributed by atoms with E-state index in [1.165, 1.54) is 19.2 Å². The van der Waals surface area contributed by atoms with Gasteiger partial charge in [0.2, 0.25) is 0 Å². The van der Waals surface area contributed by atoms with Crippen molar-refractivity contribution in [1.82, 2.24) is 0 Å². The van der Waals surface area contributed by atoms with Crippen molar-refractivity contribution in [2.75, 3.05) is 7.11 Å². The summed E-state index contributed by atoms with van der Waals surface area (Å²) in [5, 5.41) is 19.7. The van der Waals surface area contributed by atoms with Gasteiger partial charge in [-0.3, -0.25) is 14.9 Å². The highest BCUT2D eigenvalue weighted by Gasteiger charge is 2.22. The summed E-state index contributed by atoms with van der Waals surface area (Å²) in [6.07, 6.45) is -0.310. The summed E-state index contributed by atoms with van der Waals surface area (Å²) < 4.78 is 4.85. The van der Waals surface area contributed by atoms with Crippen molar-refractivity contribution in [3.05, 3.63) is 37.8 Å². The summed E-state index contributed by atoms with van der Waals surface area (Å²) in [6.45, 7) is 0. The number of nitro groups is 1. The smallest absolute Gasteiger partial charge is 0.310 e. The van der Waals surface area contributed by atoms with Crippen molar-refractivity contribution in [3.63, 3.8) is 0 Å². The summed E-state index contributed by atoms with van der Waals surface area (Å²) in [7, 11) is 1.18. The molecule has 0 aliphatic carbocycles. The average Bonchev–Trinajstić information content (AvgIpc) is 2.28. The lowest BCUT2D eigenvalue weighted by Gasteiger charge is -2.05. The molecule has 6 nitrogen and oxygen atoms in total. The van der Waals surface area contributed by atoms with E-state index < -0.39 is 10.9 Å². The molecule has 1 rings (SSSR count). The molecule has 88 valence electrons. The molecule has 1 aromatic carbocycles. The number of esters is 1. The second-order valence-electron chi connectivity index (χ2n) is 3.04. The predicted octanol–water partition coefficient (Wildman–Crippen LogP) is 1.94. The highest BCUT2D eigenvalue weighted by atomic mass is 79.9. The fraction of sp³-hybridized carbons (Fsp3) is 0.200. The molecule has 0 aliphatic rings. The Kier molecular flexibility index (Phi) is 4.17. The number of hydrogen-bond acceptors (Lipinski definition) is 5. The van der Waals surface area contributed by atoms with Gasteiger partial charge in [-0.05, 0) is 22.0 Å². The normalized spacial score (nSPS) is 9.47. The van der Waals surface area contributed by atoms with E-state index in [1.807, 2.05) is 6.07 Å². The van der Waals surface area contributed by atoms with Crippen LogP contribution in [0.25, 0.3) is 0 Å². The van der Waals surface area contributed by atoms with Gasteiger partial charge in [0.15, 0.2) is 0 Å². The van der Waals surface area contributed by atoms with Crippen LogP contribution in [0.15, 0.2) is 16.6 Å². The van der Waals surface area contributed by atoms with Crippen molar-refractivity contribution in [2.24, 2.45) is 0 Å². The van der Waals surface area contributed by atoms with Crippen LogP contribution in [-0.2, 0) is 16.0 Å². The molecule has 0 aliphatic heterocycles. The average molecular weight is 299 g/mol. The van der Waals surface area contributed by atoms with E-state index in [0.29, 0.717) is 4.47 Å². The summed E-state index contributed by atoms with van der Waals surface area (Å²) in [6, 6.07) is 4.47. The topological polar surface area (TPSA) is 93.2 Å². The Hall–Kier alpha value is -1.94. The molecule has 0 unspecified atom stereocenters. The van der Waals surface area contributed by atoms with Crippen LogP contribution in [0.4, 0.5) is 5.69 Å². The lowest BCUT2D eigenvalue weighted by atomic mass is 10.0. The number of hydrogen-bond donors (Lipinski definition) is 0. The van der Waals surface area contributed by atoms with Gasteiger partial charge in [0.05, 0.1) is 29.6 Å². The molecular formula is C10H7BrN2O4. The Morgan fingerprint density at radius 1 is 1.65 bits per heavy atom. The van der Waals surface area contributed by atoms with Crippen LogP contribution in [0.5, 0.6) is 0 Å². The third kappa shape index (κ3) is 2.79. The maximum atomic E-state index is 11.2. The van der Waals surface area contributed by atoms with Gasteiger partial charge in [0.1, 0.15) is 6.07 Å². The van der Waals surface area contributed by atoms with E-state index in [9.17, 15) is 14.9 Å². The molecule has 0 radical (unpaired) electrons. The SMILES string of the molecule is COC(=O)Cc1c([N+](=O)[O-])ccc(Br)c1C#N. The lowest BCUT2D eigenvalue weighted by Crippen LogP contribution is -2.09. The maximum Gasteiger partial charge on any atom is 0.310 e. The molecule has 0 spiro atoms. The third-order valence-electron chi connectivity index (χ3n) is 2.09. The Morgan fingerprint density at radius 3 is 2.76 bits per heavy atom. The van der Waals surface area contributed by atoms with Gasteiger partial charge in [0, 0.05) is 10.5 Å². The fourth-order valence-corrected chi connectivity index (χ4v) is 1.76. The van der Waals surface area contributed by atoms with Crippen molar-refractivity contribution in [1.29, 1.82) is 5.26 Å². The standard InChI is InChI=1S/C10H7BrN2O4/c1-17-10(14)4-6-7(5-12)8(11)2-3-9(6)13(15)16/h2-3H,4H2,1H3. The Bertz CT molecular complexity index is 522. The highest BCUT2D eigenvalue weighted by molar-refractivity contribution is 9.10. The fourth-order valence-electron chi connectivity index (χ4n) is 1.30. The van der Waals surface area contributed by atoms with Gasteiger partial charge in [-0.25, -0.2) is 0 Å². The minimum atomic E-state index is -0.636. The molecule has 0 saturated carbocycles. The van der Waals surface area contributed by atoms with Gasteiger partial charge >= 0.3 is 5.97 Å². The number of nitro benzene ring substituents is 1. The number of ether oxygens (including phenoxy) is 1. The minimum absolute atomic E-state index is 0.0544. The molecule has 1 aromatic rings. The molecule has 17 heavy (non-hydrogen) atoms. The van der Waals surface area contributed by atoms with Crippen LogP contribution in [-0.4, -0.2) is 18.0 Å². The molecule has 0 amide bonds. The van der Waals surface area contributed by atoms with Crippen LogP contribution in [0.2, 0.25) is 0 Å². The summed E-state index contributed by atoms with van der Waals surface area (Å²) in [4.78, 5) is 21.3. The third-order valence-corrected chi connectivity index (χ3v) is 2.76. The van der Waals surface area contributed by atoms with E-state index in [4.69, 9.17) is 5.26 Å². The van der Waals surface area contributed by atoms with Crippen LogP contribution in [0.3, 0.4) is 0 Å². The van der Waals surface area contributed by atoms with Crippen molar-refractivity contribution in [3.8, 4) is 6.07 Å². The molecule has 0 atom stereocenters. The predicted molar refractivity (Wildman–Crippen MR) is 61.2 cm³/mol. The number of carbonyl (C=O) groups excluding carboxylic acids is 1. The van der Waals surface area contributed by atoms with E-state index in [0.717, 1.165) is 0 Å². The second-order valence-corrected chi connectivity index (χ2v) is 3.90. The molecule has 0 fully saturated rings. The zero-order chi connectivity index (χ0) is 13.0. The van der Waals surface area contributed by atoms with E-state index in [2.05, 4.69) is 20.7 Å². The quantitative estimate of drug-likeness (QED) is 0.483. The summed E-state index contributed by atoms with van der Waals surface area (Å²) in [5.74, 6) is -0.636. The molecule has 0 bridgehead atoms. The number of benzene rings is 1. The molecule has 0 heterocycles. The van der Waals surface area contributed by atoms with Crippen LogP contribution >= 0.6 is 15.9 Å². The number of nitrogens with zero attached hydrogens (tertiary/aromatic N) is 2. The summed E-state index contributed by atoms with van der Waals surface area (Å²) in [5.41, 5.74) is -0.140.